The lowest BCUT2D eigenvalue weighted by Gasteiger charge is -2.28. The fourth-order valence-electron chi connectivity index (χ4n) is 2.01. The minimum atomic E-state index is -1.43. The molecule has 0 spiro atoms. The molecule has 100 valence electrons. The van der Waals surface area contributed by atoms with Crippen molar-refractivity contribution in [3.63, 3.8) is 0 Å². The van der Waals surface area contributed by atoms with Crippen LogP contribution in [0.5, 0.6) is 0 Å². The van der Waals surface area contributed by atoms with Gasteiger partial charge >= 0.3 is 5.97 Å². The molecule has 0 aliphatic carbocycles. The molecule has 1 aromatic heterocycles. The SMILES string of the molecule is Nc1nccn1CC(CO)(C(=O)O)c1ccccc1. The van der Waals surface area contributed by atoms with Crippen LogP contribution in [-0.2, 0) is 16.8 Å². The Balaban J connectivity index is 2.47. The number of nitrogens with two attached hydrogens (primary N) is 1. The Kier molecular flexibility index (Phi) is 3.52. The van der Waals surface area contributed by atoms with Crippen molar-refractivity contribution >= 4 is 11.9 Å². The molecule has 0 amide bonds. The minimum absolute atomic E-state index is 0.0225. The highest BCUT2D eigenvalue weighted by molar-refractivity contribution is 5.81. The largest absolute Gasteiger partial charge is 0.480 e. The number of aromatic nitrogens is 2. The third-order valence-corrected chi connectivity index (χ3v) is 3.19. The van der Waals surface area contributed by atoms with Crippen molar-refractivity contribution in [3.05, 3.63) is 48.3 Å². The summed E-state index contributed by atoms with van der Waals surface area (Å²) in [6.45, 7) is -0.501. The maximum absolute atomic E-state index is 11.7. The third kappa shape index (κ3) is 2.30. The average molecular weight is 261 g/mol. The van der Waals surface area contributed by atoms with Crippen LogP contribution in [0.3, 0.4) is 0 Å². The van der Waals surface area contributed by atoms with Gasteiger partial charge < -0.3 is 20.5 Å². The molecular formula is C13H15N3O3. The van der Waals surface area contributed by atoms with Crippen LogP contribution < -0.4 is 5.73 Å². The number of aliphatic hydroxyl groups is 1. The van der Waals surface area contributed by atoms with Crippen LogP contribution >= 0.6 is 0 Å². The summed E-state index contributed by atoms with van der Waals surface area (Å²) >= 11 is 0. The number of benzene rings is 1. The Bertz CT molecular complexity index is 568. The van der Waals surface area contributed by atoms with Gasteiger partial charge in [-0.3, -0.25) is 4.79 Å². The van der Waals surface area contributed by atoms with Crippen LogP contribution in [-0.4, -0.2) is 32.3 Å². The second kappa shape index (κ2) is 5.11. The molecule has 1 aromatic carbocycles. The summed E-state index contributed by atoms with van der Waals surface area (Å²) in [6.07, 6.45) is 3.08. The summed E-state index contributed by atoms with van der Waals surface area (Å²) in [7, 11) is 0. The van der Waals surface area contributed by atoms with Crippen LogP contribution in [0, 0.1) is 0 Å². The minimum Gasteiger partial charge on any atom is -0.480 e. The number of imidazole rings is 1. The molecule has 4 N–H and O–H groups in total. The second-order valence-electron chi connectivity index (χ2n) is 4.32. The number of rotatable bonds is 5. The Morgan fingerprint density at radius 3 is 2.53 bits per heavy atom. The van der Waals surface area contributed by atoms with E-state index in [0.29, 0.717) is 5.56 Å². The van der Waals surface area contributed by atoms with Gasteiger partial charge in [-0.25, -0.2) is 4.98 Å². The monoisotopic (exact) mass is 261 g/mol. The van der Waals surface area contributed by atoms with Gasteiger partial charge in [0, 0.05) is 18.9 Å². The fourth-order valence-corrected chi connectivity index (χ4v) is 2.01. The van der Waals surface area contributed by atoms with Crippen molar-refractivity contribution in [2.45, 2.75) is 12.0 Å². The number of aliphatic carboxylic acids is 1. The number of carboxylic acid groups (broad SMARTS) is 1. The first kappa shape index (κ1) is 13.1. The van der Waals surface area contributed by atoms with Crippen LogP contribution in [0.1, 0.15) is 5.56 Å². The highest BCUT2D eigenvalue weighted by Crippen LogP contribution is 2.27. The van der Waals surface area contributed by atoms with Crippen molar-refractivity contribution < 1.29 is 15.0 Å². The number of nitrogen functional groups attached to an aromatic ring is 1. The number of anilines is 1. The lowest BCUT2D eigenvalue weighted by Crippen LogP contribution is -2.43. The van der Waals surface area contributed by atoms with Crippen molar-refractivity contribution in [3.8, 4) is 0 Å². The van der Waals surface area contributed by atoms with Gasteiger partial charge in [0.2, 0.25) is 0 Å². The number of aliphatic hydroxyl groups excluding tert-OH is 1. The molecule has 0 saturated heterocycles. The van der Waals surface area contributed by atoms with E-state index in [2.05, 4.69) is 4.98 Å². The van der Waals surface area contributed by atoms with Gasteiger partial charge in [0.15, 0.2) is 5.95 Å². The first-order valence-electron chi connectivity index (χ1n) is 5.76. The Morgan fingerprint density at radius 2 is 2.05 bits per heavy atom. The van der Waals surface area contributed by atoms with Gasteiger partial charge in [-0.05, 0) is 5.56 Å². The summed E-state index contributed by atoms with van der Waals surface area (Å²) in [5.74, 6) is -0.885. The van der Waals surface area contributed by atoms with Gasteiger partial charge in [-0.15, -0.1) is 0 Å². The Hall–Kier alpha value is -2.34. The lowest BCUT2D eigenvalue weighted by molar-refractivity contribution is -0.146. The molecule has 6 nitrogen and oxygen atoms in total. The van der Waals surface area contributed by atoms with Crippen molar-refractivity contribution in [1.82, 2.24) is 9.55 Å². The number of hydrogen-bond donors (Lipinski definition) is 3. The van der Waals surface area contributed by atoms with Crippen LogP contribution in [0.15, 0.2) is 42.7 Å². The number of carbonyl (C=O) groups is 1. The topological polar surface area (TPSA) is 101 Å². The fraction of sp³-hybridized carbons (Fsp3) is 0.231. The molecule has 19 heavy (non-hydrogen) atoms. The van der Waals surface area contributed by atoms with E-state index in [0.717, 1.165) is 0 Å². The van der Waals surface area contributed by atoms with Crippen LogP contribution in [0.2, 0.25) is 0 Å². The van der Waals surface area contributed by atoms with Gasteiger partial charge in [0.1, 0.15) is 5.41 Å². The molecule has 0 aliphatic rings. The van der Waals surface area contributed by atoms with Crippen LogP contribution in [0.4, 0.5) is 5.95 Å². The molecule has 1 heterocycles. The normalized spacial score (nSPS) is 13.9. The lowest BCUT2D eigenvalue weighted by atomic mass is 9.81. The van der Waals surface area contributed by atoms with E-state index in [-0.39, 0.29) is 12.5 Å². The third-order valence-electron chi connectivity index (χ3n) is 3.19. The summed E-state index contributed by atoms with van der Waals surface area (Å²) in [6, 6.07) is 8.62. The molecule has 1 unspecified atom stereocenters. The summed E-state index contributed by atoms with van der Waals surface area (Å²) < 4.78 is 1.51. The van der Waals surface area contributed by atoms with Gasteiger partial charge in [-0.1, -0.05) is 30.3 Å². The predicted octanol–water partition coefficient (Wildman–Crippen LogP) is 0.480. The van der Waals surface area contributed by atoms with E-state index in [1.165, 1.54) is 10.8 Å². The smallest absolute Gasteiger partial charge is 0.318 e. The van der Waals surface area contributed by atoms with E-state index >= 15 is 0 Å². The molecular weight excluding hydrogens is 246 g/mol. The predicted molar refractivity (Wildman–Crippen MR) is 69.5 cm³/mol. The highest BCUT2D eigenvalue weighted by Gasteiger charge is 2.40. The zero-order valence-electron chi connectivity index (χ0n) is 10.2. The molecule has 0 bridgehead atoms. The van der Waals surface area contributed by atoms with E-state index in [1.807, 2.05) is 0 Å². The van der Waals surface area contributed by atoms with E-state index in [1.54, 1.807) is 36.5 Å². The van der Waals surface area contributed by atoms with Crippen molar-refractivity contribution in [2.24, 2.45) is 0 Å². The Labute approximate surface area is 110 Å². The first-order valence-corrected chi connectivity index (χ1v) is 5.76. The van der Waals surface area contributed by atoms with Crippen molar-refractivity contribution in [2.75, 3.05) is 12.3 Å². The summed E-state index contributed by atoms with van der Waals surface area (Å²) in [5, 5.41) is 19.2. The molecule has 1 atom stereocenters. The molecule has 0 fully saturated rings. The van der Waals surface area contributed by atoms with E-state index in [9.17, 15) is 15.0 Å². The Morgan fingerprint density at radius 1 is 1.37 bits per heavy atom. The van der Waals surface area contributed by atoms with Gasteiger partial charge in [-0.2, -0.15) is 0 Å². The number of hydrogen-bond acceptors (Lipinski definition) is 4. The summed E-state index contributed by atoms with van der Waals surface area (Å²) in [5.41, 5.74) is 4.75. The molecule has 2 rings (SSSR count). The quantitative estimate of drug-likeness (QED) is 0.726. The van der Waals surface area contributed by atoms with Crippen LogP contribution in [0.25, 0.3) is 0 Å². The number of nitrogens with zero attached hydrogens (tertiary/aromatic N) is 2. The number of carboxylic acids is 1. The van der Waals surface area contributed by atoms with E-state index in [4.69, 9.17) is 5.73 Å². The zero-order chi connectivity index (χ0) is 13.9. The standard InChI is InChI=1S/C13H15N3O3/c14-12-15-6-7-16(12)8-13(9-17,11(18)19)10-4-2-1-3-5-10/h1-7,17H,8-9H2,(H2,14,15)(H,18,19). The average Bonchev–Trinajstić information content (AvgIpc) is 2.82. The zero-order valence-corrected chi connectivity index (χ0v) is 10.2. The van der Waals surface area contributed by atoms with E-state index < -0.39 is 18.0 Å². The highest BCUT2D eigenvalue weighted by atomic mass is 16.4. The van der Waals surface area contributed by atoms with Gasteiger partial charge in [0.25, 0.3) is 0 Å². The molecule has 6 heteroatoms. The molecule has 0 radical (unpaired) electrons. The summed E-state index contributed by atoms with van der Waals surface area (Å²) in [4.78, 5) is 15.5. The molecule has 0 saturated carbocycles. The maximum atomic E-state index is 11.7. The van der Waals surface area contributed by atoms with Crippen molar-refractivity contribution in [1.29, 1.82) is 0 Å². The first-order chi connectivity index (χ1) is 9.10. The molecule has 2 aromatic rings. The maximum Gasteiger partial charge on any atom is 0.318 e. The molecule has 0 aliphatic heterocycles. The van der Waals surface area contributed by atoms with Gasteiger partial charge in [0.05, 0.1) is 6.61 Å². The second-order valence-corrected chi connectivity index (χ2v) is 4.32.